The number of hydrogen-bond donors (Lipinski definition) is 1. The van der Waals surface area contributed by atoms with Gasteiger partial charge in [0, 0.05) is 68.8 Å². The van der Waals surface area contributed by atoms with Crippen molar-refractivity contribution in [1.29, 1.82) is 0 Å². The monoisotopic (exact) mass is 595 g/mol. The van der Waals surface area contributed by atoms with Gasteiger partial charge in [0.15, 0.2) is 0 Å². The van der Waals surface area contributed by atoms with Crippen molar-refractivity contribution in [1.82, 2.24) is 9.97 Å². The number of alkyl halides is 6. The van der Waals surface area contributed by atoms with Gasteiger partial charge in [-0.15, -0.1) is 0 Å². The highest BCUT2D eigenvalue weighted by molar-refractivity contribution is 5.57. The number of benzene rings is 2. The molecule has 1 N–H and O–H groups in total. The zero-order chi connectivity index (χ0) is 30.1. The average molecular weight is 596 g/mol. The van der Waals surface area contributed by atoms with Crippen molar-refractivity contribution >= 4 is 28.7 Å². The fourth-order valence-corrected chi connectivity index (χ4v) is 5.24. The minimum Gasteiger partial charge on any atom is -0.382 e. The van der Waals surface area contributed by atoms with Crippen LogP contribution in [0.5, 0.6) is 0 Å². The third-order valence-corrected chi connectivity index (χ3v) is 7.49. The molecule has 2 aliphatic rings. The van der Waals surface area contributed by atoms with E-state index in [9.17, 15) is 36.5 Å². The quantitative estimate of drug-likeness (QED) is 0.216. The molecule has 224 valence electrons. The van der Waals surface area contributed by atoms with E-state index in [4.69, 9.17) is 0 Å². The number of aromatic nitrogens is 2. The molecule has 0 amide bonds. The number of piperidine rings is 1. The molecule has 5 rings (SSSR count). The van der Waals surface area contributed by atoms with Crippen molar-refractivity contribution in [2.24, 2.45) is 0 Å². The van der Waals surface area contributed by atoms with E-state index < -0.39 is 34.1 Å². The second-order valence-corrected chi connectivity index (χ2v) is 10.1. The molecule has 0 saturated carbocycles. The number of nitro benzene ring substituents is 1. The van der Waals surface area contributed by atoms with Crippen LogP contribution in [-0.4, -0.2) is 60.2 Å². The van der Waals surface area contributed by atoms with E-state index in [0.717, 1.165) is 41.6 Å². The van der Waals surface area contributed by atoms with E-state index in [-0.39, 0.29) is 11.7 Å². The van der Waals surface area contributed by atoms with Crippen molar-refractivity contribution in [2.75, 3.05) is 59.3 Å². The summed E-state index contributed by atoms with van der Waals surface area (Å²) in [6, 6.07) is 9.83. The number of hydrogen-bond acceptors (Lipinski definition) is 8. The molecule has 2 aliphatic heterocycles. The number of halogens is 6. The number of piperazine rings is 1. The molecule has 15 heteroatoms. The molecule has 0 bridgehead atoms. The topological polar surface area (TPSA) is 90.7 Å². The fourth-order valence-electron chi connectivity index (χ4n) is 5.24. The van der Waals surface area contributed by atoms with Crippen LogP contribution < -0.4 is 20.0 Å². The molecule has 2 fully saturated rings. The van der Waals surface area contributed by atoms with Gasteiger partial charge in [0.05, 0.1) is 10.5 Å². The van der Waals surface area contributed by atoms with Crippen LogP contribution in [0, 0.1) is 10.1 Å². The molecule has 3 aromatic rings. The Labute approximate surface area is 236 Å². The summed E-state index contributed by atoms with van der Waals surface area (Å²) < 4.78 is 78.6. The number of rotatable bonds is 6. The molecular weight excluding hydrogens is 568 g/mol. The lowest BCUT2D eigenvalue weighted by atomic mass is 10.0. The van der Waals surface area contributed by atoms with E-state index in [1.165, 1.54) is 24.5 Å². The average Bonchev–Trinajstić information content (AvgIpc) is 2.97. The highest BCUT2D eigenvalue weighted by Gasteiger charge is 2.38. The molecule has 0 atom stereocenters. The Hall–Kier alpha value is -4.30. The summed E-state index contributed by atoms with van der Waals surface area (Å²) in [6.45, 7) is 3.65. The van der Waals surface area contributed by atoms with Crippen LogP contribution in [0.25, 0.3) is 0 Å². The van der Waals surface area contributed by atoms with Crippen molar-refractivity contribution in [3.63, 3.8) is 0 Å². The Balaban J connectivity index is 1.16. The number of nitro groups is 1. The summed E-state index contributed by atoms with van der Waals surface area (Å²) in [7, 11) is 0. The number of anilines is 4. The van der Waals surface area contributed by atoms with Crippen LogP contribution >= 0.6 is 0 Å². The smallest absolute Gasteiger partial charge is 0.382 e. The summed E-state index contributed by atoms with van der Waals surface area (Å²) in [4.78, 5) is 25.0. The molecule has 2 aromatic carbocycles. The molecule has 0 radical (unpaired) electrons. The third kappa shape index (κ3) is 6.60. The molecule has 1 aromatic heterocycles. The Bertz CT molecular complexity index is 1400. The molecule has 0 aliphatic carbocycles. The lowest BCUT2D eigenvalue weighted by molar-refractivity contribution is -0.388. The zero-order valence-electron chi connectivity index (χ0n) is 22.2. The van der Waals surface area contributed by atoms with Crippen LogP contribution in [0.3, 0.4) is 0 Å². The van der Waals surface area contributed by atoms with Gasteiger partial charge in [0.2, 0.25) is 0 Å². The van der Waals surface area contributed by atoms with E-state index in [2.05, 4.69) is 25.1 Å². The Morgan fingerprint density at radius 2 is 1.33 bits per heavy atom. The normalized spacial score (nSPS) is 17.0. The Morgan fingerprint density at radius 1 is 0.762 bits per heavy atom. The minimum atomic E-state index is -4.84. The van der Waals surface area contributed by atoms with Crippen LogP contribution in [0.4, 0.5) is 55.0 Å². The molecule has 9 nitrogen and oxygen atoms in total. The van der Waals surface area contributed by atoms with Crippen molar-refractivity contribution in [3.05, 3.63) is 76.1 Å². The SMILES string of the molecule is O=[N+]([O-])c1ccc(NC2CCN(c3cc(N4CCN(c5ccc(C(F)(F)F)cc5)CC4)ncn3)CC2)cc1C(F)(F)F. The van der Waals surface area contributed by atoms with E-state index in [1.54, 1.807) is 0 Å². The van der Waals surface area contributed by atoms with Crippen LogP contribution in [0.1, 0.15) is 24.0 Å². The van der Waals surface area contributed by atoms with Gasteiger partial charge in [-0.05, 0) is 49.2 Å². The zero-order valence-corrected chi connectivity index (χ0v) is 22.2. The Kier molecular flexibility index (Phi) is 8.01. The van der Waals surface area contributed by atoms with Gasteiger partial charge in [-0.3, -0.25) is 10.1 Å². The van der Waals surface area contributed by atoms with Gasteiger partial charge in [-0.2, -0.15) is 26.3 Å². The maximum atomic E-state index is 13.3. The largest absolute Gasteiger partial charge is 0.423 e. The predicted octanol–water partition coefficient (Wildman–Crippen LogP) is 5.83. The highest BCUT2D eigenvalue weighted by Crippen LogP contribution is 2.38. The van der Waals surface area contributed by atoms with Crippen molar-refractivity contribution in [3.8, 4) is 0 Å². The standard InChI is InChI=1S/C27H27F6N7O2/c28-26(29,30)18-1-4-21(5-2-18)37-11-13-39(14-12-37)25-16-24(34-17-35-25)38-9-7-19(8-10-38)36-20-3-6-23(40(41)42)22(15-20)27(31,32)33/h1-6,15-17,19,36H,7-14H2. The van der Waals surface area contributed by atoms with Crippen molar-refractivity contribution in [2.45, 2.75) is 31.2 Å². The van der Waals surface area contributed by atoms with E-state index in [0.29, 0.717) is 52.1 Å². The summed E-state index contributed by atoms with van der Waals surface area (Å²) in [6.07, 6.45) is -6.51. The van der Waals surface area contributed by atoms with Crippen molar-refractivity contribution < 1.29 is 31.3 Å². The van der Waals surface area contributed by atoms with Crippen LogP contribution in [0.15, 0.2) is 54.9 Å². The van der Waals surface area contributed by atoms with Gasteiger partial charge >= 0.3 is 12.4 Å². The molecule has 0 unspecified atom stereocenters. The van der Waals surface area contributed by atoms with Crippen LogP contribution in [-0.2, 0) is 12.4 Å². The number of nitrogens with zero attached hydrogens (tertiary/aromatic N) is 6. The summed E-state index contributed by atoms with van der Waals surface area (Å²) >= 11 is 0. The fraction of sp³-hybridized carbons (Fsp3) is 0.407. The molecule has 2 saturated heterocycles. The first-order valence-electron chi connectivity index (χ1n) is 13.2. The molecule has 3 heterocycles. The van der Waals surface area contributed by atoms with Gasteiger partial charge in [-0.1, -0.05) is 0 Å². The van der Waals surface area contributed by atoms with Crippen LogP contribution in [0.2, 0.25) is 0 Å². The second-order valence-electron chi connectivity index (χ2n) is 10.1. The molecule has 42 heavy (non-hydrogen) atoms. The first kappa shape index (κ1) is 29.2. The summed E-state index contributed by atoms with van der Waals surface area (Å²) in [5, 5.41) is 14.1. The maximum absolute atomic E-state index is 13.3. The van der Waals surface area contributed by atoms with Gasteiger partial charge in [0.25, 0.3) is 5.69 Å². The van der Waals surface area contributed by atoms with Gasteiger partial charge in [0.1, 0.15) is 23.5 Å². The third-order valence-electron chi connectivity index (χ3n) is 7.49. The van der Waals surface area contributed by atoms with E-state index >= 15 is 0 Å². The van der Waals surface area contributed by atoms with Gasteiger partial charge in [-0.25, -0.2) is 9.97 Å². The summed E-state index contributed by atoms with van der Waals surface area (Å²) in [5.41, 5.74) is -2.05. The first-order valence-corrected chi connectivity index (χ1v) is 13.2. The minimum absolute atomic E-state index is 0.122. The number of nitrogens with one attached hydrogen (secondary N) is 1. The van der Waals surface area contributed by atoms with E-state index in [1.807, 2.05) is 11.0 Å². The second kappa shape index (κ2) is 11.5. The lowest BCUT2D eigenvalue weighted by Gasteiger charge is -2.37. The Morgan fingerprint density at radius 3 is 1.88 bits per heavy atom. The molecular formula is C27H27F6N7O2. The first-order chi connectivity index (χ1) is 19.9. The lowest BCUT2D eigenvalue weighted by Crippen LogP contribution is -2.47. The highest BCUT2D eigenvalue weighted by atomic mass is 19.4. The predicted molar refractivity (Wildman–Crippen MR) is 145 cm³/mol. The maximum Gasteiger partial charge on any atom is 0.423 e. The van der Waals surface area contributed by atoms with Gasteiger partial charge < -0.3 is 20.0 Å². The molecule has 0 spiro atoms. The summed E-state index contributed by atoms with van der Waals surface area (Å²) in [5.74, 6) is 1.45.